The second-order valence-corrected chi connectivity index (χ2v) is 6.40. The Hall–Kier alpha value is -3.73. The Morgan fingerprint density at radius 3 is 2.10 bits per heavy atom. The first-order valence-corrected chi connectivity index (χ1v) is 9.15. The first-order chi connectivity index (χ1) is 14.0. The number of rotatable bonds is 8. The lowest BCUT2D eigenvalue weighted by Gasteiger charge is -2.08. The molecule has 0 aromatic heterocycles. The summed E-state index contributed by atoms with van der Waals surface area (Å²) in [5.74, 6) is -1.13. The van der Waals surface area contributed by atoms with E-state index in [1.165, 1.54) is 0 Å². The Labute approximate surface area is 168 Å². The lowest BCUT2D eigenvalue weighted by Crippen LogP contribution is -2.20. The summed E-state index contributed by atoms with van der Waals surface area (Å²) < 4.78 is 10.4. The Bertz CT molecular complexity index is 1010. The molecule has 146 valence electrons. The fourth-order valence-corrected chi connectivity index (χ4v) is 2.72. The average Bonchev–Trinajstić information content (AvgIpc) is 2.76. The van der Waals surface area contributed by atoms with Gasteiger partial charge < -0.3 is 9.47 Å². The number of ether oxygens (including phenoxy) is 2. The second kappa shape index (κ2) is 9.46. The van der Waals surface area contributed by atoms with Crippen LogP contribution in [0.3, 0.4) is 0 Å². The van der Waals surface area contributed by atoms with Gasteiger partial charge in [-0.25, -0.2) is 4.79 Å². The van der Waals surface area contributed by atoms with E-state index in [1.807, 2.05) is 25.1 Å². The van der Waals surface area contributed by atoms with E-state index < -0.39 is 11.8 Å². The monoisotopic (exact) mass is 388 g/mol. The molecule has 0 atom stereocenters. The first-order valence-electron chi connectivity index (χ1n) is 9.15. The van der Waals surface area contributed by atoms with Crippen molar-refractivity contribution in [1.29, 1.82) is 0 Å². The smallest absolute Gasteiger partial charge is 0.379 e. The molecule has 0 heterocycles. The lowest BCUT2D eigenvalue weighted by atomic mass is 10.0. The van der Waals surface area contributed by atoms with E-state index in [4.69, 9.17) is 9.47 Å². The molecule has 0 unspecified atom stereocenters. The number of ketones is 2. The minimum absolute atomic E-state index is 0.0542. The summed E-state index contributed by atoms with van der Waals surface area (Å²) in [6.45, 7) is 1.98. The Kier molecular flexibility index (Phi) is 6.53. The molecule has 0 fully saturated rings. The van der Waals surface area contributed by atoms with E-state index in [0.29, 0.717) is 16.9 Å². The van der Waals surface area contributed by atoms with Gasteiger partial charge in [0.05, 0.1) is 0 Å². The summed E-state index contributed by atoms with van der Waals surface area (Å²) in [5, 5.41) is 0. The predicted molar refractivity (Wildman–Crippen MR) is 108 cm³/mol. The maximum Gasteiger partial charge on any atom is 0.379 e. The summed E-state index contributed by atoms with van der Waals surface area (Å²) in [4.78, 5) is 36.2. The van der Waals surface area contributed by atoms with Crippen molar-refractivity contribution in [3.8, 4) is 5.75 Å². The quantitative estimate of drug-likeness (QED) is 0.252. The van der Waals surface area contributed by atoms with Crippen molar-refractivity contribution in [1.82, 2.24) is 0 Å². The van der Waals surface area contributed by atoms with Crippen molar-refractivity contribution >= 4 is 17.5 Å². The molecular weight excluding hydrogens is 368 g/mol. The van der Waals surface area contributed by atoms with E-state index in [1.54, 1.807) is 60.7 Å². The van der Waals surface area contributed by atoms with Gasteiger partial charge in [0.2, 0.25) is 0 Å². The van der Waals surface area contributed by atoms with Crippen LogP contribution >= 0.6 is 0 Å². The van der Waals surface area contributed by atoms with Crippen molar-refractivity contribution in [2.45, 2.75) is 6.92 Å². The minimum atomic E-state index is -0.918. The van der Waals surface area contributed by atoms with Crippen LogP contribution < -0.4 is 4.74 Å². The number of benzene rings is 3. The number of carbonyl (C=O) groups is 3. The Morgan fingerprint density at radius 2 is 1.41 bits per heavy atom. The maximum absolute atomic E-state index is 12.5. The molecule has 0 aliphatic rings. The molecule has 3 aromatic rings. The number of hydrogen-bond donors (Lipinski definition) is 0. The molecule has 5 nitrogen and oxygen atoms in total. The third-order valence-electron chi connectivity index (χ3n) is 4.20. The van der Waals surface area contributed by atoms with Crippen molar-refractivity contribution in [3.63, 3.8) is 0 Å². The lowest BCUT2D eigenvalue weighted by molar-refractivity contribution is -0.138. The third-order valence-corrected chi connectivity index (χ3v) is 4.20. The molecule has 0 bridgehead atoms. The average molecular weight is 388 g/mol. The molecule has 3 aromatic carbocycles. The van der Waals surface area contributed by atoms with E-state index >= 15 is 0 Å². The van der Waals surface area contributed by atoms with Crippen molar-refractivity contribution < 1.29 is 23.9 Å². The highest BCUT2D eigenvalue weighted by molar-refractivity contribution is 6.40. The van der Waals surface area contributed by atoms with Crippen molar-refractivity contribution in [3.05, 3.63) is 101 Å². The minimum Gasteiger partial charge on any atom is -0.490 e. The molecule has 29 heavy (non-hydrogen) atoms. The molecule has 5 heteroatoms. The highest BCUT2D eigenvalue weighted by atomic mass is 16.6. The number of Topliss-reactive ketones (excluding diaryl/α,β-unsaturated/α-hetero) is 1. The summed E-state index contributed by atoms with van der Waals surface area (Å²) in [6, 6.07) is 22.4. The fourth-order valence-electron chi connectivity index (χ4n) is 2.72. The van der Waals surface area contributed by atoms with Crippen LogP contribution in [0.2, 0.25) is 0 Å². The van der Waals surface area contributed by atoms with Crippen LogP contribution in [0.15, 0.2) is 78.9 Å². The number of hydrogen-bond acceptors (Lipinski definition) is 5. The molecule has 3 rings (SSSR count). The topological polar surface area (TPSA) is 69.7 Å². The van der Waals surface area contributed by atoms with E-state index in [2.05, 4.69) is 0 Å². The first kappa shape index (κ1) is 20.0. The van der Waals surface area contributed by atoms with Crippen LogP contribution in [0.5, 0.6) is 5.75 Å². The fraction of sp³-hybridized carbons (Fsp3) is 0.125. The number of carbonyl (C=O) groups excluding carboxylic acids is 3. The van der Waals surface area contributed by atoms with Crippen LogP contribution in [0, 0.1) is 6.92 Å². The van der Waals surface area contributed by atoms with Gasteiger partial charge in [-0.15, -0.1) is 0 Å². The van der Waals surface area contributed by atoms with E-state index in [0.717, 1.165) is 5.56 Å². The highest BCUT2D eigenvalue weighted by Gasteiger charge is 2.17. The van der Waals surface area contributed by atoms with Crippen molar-refractivity contribution in [2.24, 2.45) is 0 Å². The van der Waals surface area contributed by atoms with Gasteiger partial charge in [0.15, 0.2) is 5.78 Å². The van der Waals surface area contributed by atoms with Gasteiger partial charge >= 0.3 is 5.97 Å². The second-order valence-electron chi connectivity index (χ2n) is 6.40. The molecule has 0 aliphatic carbocycles. The molecule has 0 amide bonds. The van der Waals surface area contributed by atoms with Gasteiger partial charge in [-0.05, 0) is 37.3 Å². The molecule has 0 saturated heterocycles. The van der Waals surface area contributed by atoms with Crippen molar-refractivity contribution in [2.75, 3.05) is 13.2 Å². The zero-order valence-corrected chi connectivity index (χ0v) is 16.0. The van der Waals surface area contributed by atoms with Gasteiger partial charge in [-0.1, -0.05) is 54.1 Å². The highest BCUT2D eigenvalue weighted by Crippen LogP contribution is 2.16. The number of aryl methyl sites for hydroxylation is 1. The summed E-state index contributed by atoms with van der Waals surface area (Å²) in [7, 11) is 0. The Balaban J connectivity index is 1.47. The van der Waals surface area contributed by atoms with Gasteiger partial charge in [0.1, 0.15) is 19.0 Å². The van der Waals surface area contributed by atoms with Crippen LogP contribution in [0.4, 0.5) is 0 Å². The Morgan fingerprint density at radius 1 is 0.724 bits per heavy atom. The predicted octanol–water partition coefficient (Wildman–Crippen LogP) is 4.03. The summed E-state index contributed by atoms with van der Waals surface area (Å²) in [6.07, 6.45) is 0. The zero-order chi connectivity index (χ0) is 20.6. The van der Waals surface area contributed by atoms with Crippen LogP contribution in [0.25, 0.3) is 0 Å². The van der Waals surface area contributed by atoms with Crippen LogP contribution in [-0.4, -0.2) is 30.7 Å². The number of esters is 1. The normalized spacial score (nSPS) is 10.2. The molecule has 0 saturated carbocycles. The van der Waals surface area contributed by atoms with Gasteiger partial charge in [0, 0.05) is 16.7 Å². The van der Waals surface area contributed by atoms with E-state index in [-0.39, 0.29) is 24.6 Å². The molecule has 0 radical (unpaired) electrons. The van der Waals surface area contributed by atoms with Gasteiger partial charge in [0.25, 0.3) is 5.78 Å². The van der Waals surface area contributed by atoms with E-state index in [9.17, 15) is 14.4 Å². The van der Waals surface area contributed by atoms with Gasteiger partial charge in [-0.3, -0.25) is 9.59 Å². The molecule has 0 N–H and O–H groups in total. The van der Waals surface area contributed by atoms with Crippen LogP contribution in [0.1, 0.15) is 31.8 Å². The molecule has 0 aliphatic heterocycles. The van der Waals surface area contributed by atoms with Crippen LogP contribution in [-0.2, 0) is 9.53 Å². The molecule has 0 spiro atoms. The standard InChI is InChI=1S/C24H20O5/c1-17-6-5-9-20(16-17)22(25)19-10-12-21(13-11-19)28-14-15-29-24(27)23(26)18-7-3-2-4-8-18/h2-13,16H,14-15H2,1H3. The largest absolute Gasteiger partial charge is 0.490 e. The third kappa shape index (κ3) is 5.39. The summed E-state index contributed by atoms with van der Waals surface area (Å²) >= 11 is 0. The SMILES string of the molecule is Cc1cccc(C(=O)c2ccc(OCCOC(=O)C(=O)c3ccccc3)cc2)c1. The summed E-state index contributed by atoms with van der Waals surface area (Å²) in [5.41, 5.74) is 2.50. The zero-order valence-electron chi connectivity index (χ0n) is 16.0. The van der Waals surface area contributed by atoms with Gasteiger partial charge in [-0.2, -0.15) is 0 Å². The maximum atomic E-state index is 12.5. The molecular formula is C24H20O5.